The summed E-state index contributed by atoms with van der Waals surface area (Å²) in [6.45, 7) is 2.27. The number of nitrogens with zero attached hydrogens (tertiary/aromatic N) is 2. The van der Waals surface area contributed by atoms with Gasteiger partial charge in [0.05, 0.1) is 5.69 Å². The lowest BCUT2D eigenvalue weighted by Crippen LogP contribution is -2.55. The Morgan fingerprint density at radius 2 is 1.73 bits per heavy atom. The molecule has 6 heteroatoms. The topological polar surface area (TPSA) is 35.6 Å². The molecule has 0 radical (unpaired) electrons. The van der Waals surface area contributed by atoms with E-state index in [1.165, 1.54) is 22.1 Å². The number of benzene rings is 2. The number of para-hydroxylation sites is 1. The van der Waals surface area contributed by atoms with Gasteiger partial charge in [-0.2, -0.15) is 0 Å². The van der Waals surface area contributed by atoms with Gasteiger partial charge in [-0.1, -0.05) is 42.5 Å². The van der Waals surface area contributed by atoms with Gasteiger partial charge in [-0.25, -0.2) is 9.18 Å². The molecule has 2 bridgehead atoms. The van der Waals surface area contributed by atoms with Crippen LogP contribution >= 0.6 is 11.3 Å². The first kappa shape index (κ1) is 19.3. The minimum absolute atomic E-state index is 0.211. The molecule has 1 N–H and O–H groups in total. The number of amides is 2. The van der Waals surface area contributed by atoms with Gasteiger partial charge in [0.15, 0.2) is 0 Å². The maximum absolute atomic E-state index is 13.9. The number of piperazine rings is 1. The van der Waals surface area contributed by atoms with Gasteiger partial charge in [-0.15, -0.1) is 11.3 Å². The smallest absolute Gasteiger partial charge is 0.321 e. The van der Waals surface area contributed by atoms with E-state index in [1.807, 2.05) is 4.90 Å². The SMILES string of the molecule is O=C(Nc1ccccc1F)N1CC2CCC(C1)N2Cc1ccc(-c2cccs2)cc1. The van der Waals surface area contributed by atoms with Crippen molar-refractivity contribution in [1.82, 2.24) is 9.80 Å². The Hall–Kier alpha value is -2.70. The van der Waals surface area contributed by atoms with Crippen molar-refractivity contribution in [2.45, 2.75) is 31.5 Å². The first-order chi connectivity index (χ1) is 14.7. The second-order valence-corrected chi connectivity index (χ2v) is 8.99. The van der Waals surface area contributed by atoms with E-state index in [4.69, 9.17) is 0 Å². The van der Waals surface area contributed by atoms with Gasteiger partial charge in [0.2, 0.25) is 0 Å². The van der Waals surface area contributed by atoms with Crippen molar-refractivity contribution in [3.63, 3.8) is 0 Å². The molecule has 2 amide bonds. The predicted octanol–water partition coefficient (Wildman–Crippen LogP) is 5.43. The molecular formula is C24H24FN3OS. The summed E-state index contributed by atoms with van der Waals surface area (Å²) in [6.07, 6.45) is 2.20. The van der Waals surface area contributed by atoms with Gasteiger partial charge < -0.3 is 10.2 Å². The fraction of sp³-hybridized carbons (Fsp3) is 0.292. The Labute approximate surface area is 179 Å². The summed E-state index contributed by atoms with van der Waals surface area (Å²) in [4.78, 5) is 18.3. The molecule has 2 unspecified atom stereocenters. The fourth-order valence-electron chi connectivity index (χ4n) is 4.60. The van der Waals surface area contributed by atoms with E-state index in [0.29, 0.717) is 25.2 Å². The number of nitrogens with one attached hydrogen (secondary N) is 1. The van der Waals surface area contributed by atoms with Crippen molar-refractivity contribution in [2.75, 3.05) is 18.4 Å². The summed E-state index contributed by atoms with van der Waals surface area (Å²) in [5.74, 6) is -0.404. The molecule has 0 aliphatic carbocycles. The summed E-state index contributed by atoms with van der Waals surface area (Å²) in [5, 5.41) is 4.83. The quantitative estimate of drug-likeness (QED) is 0.609. The van der Waals surface area contributed by atoms with E-state index in [2.05, 4.69) is 52.0 Å². The lowest BCUT2D eigenvalue weighted by Gasteiger charge is -2.41. The number of hydrogen-bond donors (Lipinski definition) is 1. The van der Waals surface area contributed by atoms with Crippen LogP contribution < -0.4 is 5.32 Å². The summed E-state index contributed by atoms with van der Waals surface area (Å²) in [6, 6.07) is 19.8. The van der Waals surface area contributed by atoms with Crippen LogP contribution in [0.25, 0.3) is 10.4 Å². The number of thiophene rings is 1. The molecule has 2 aliphatic heterocycles. The number of rotatable bonds is 4. The van der Waals surface area contributed by atoms with E-state index in [9.17, 15) is 9.18 Å². The number of carbonyl (C=O) groups excluding carboxylic acids is 1. The number of halogens is 1. The molecule has 154 valence electrons. The lowest BCUT2D eigenvalue weighted by atomic mass is 10.1. The Kier molecular flexibility index (Phi) is 5.27. The van der Waals surface area contributed by atoms with Gasteiger partial charge >= 0.3 is 6.03 Å². The van der Waals surface area contributed by atoms with Crippen molar-refractivity contribution in [3.8, 4) is 10.4 Å². The molecule has 2 fully saturated rings. The van der Waals surface area contributed by atoms with Crippen molar-refractivity contribution in [1.29, 1.82) is 0 Å². The summed E-state index contributed by atoms with van der Waals surface area (Å²) >= 11 is 1.76. The van der Waals surface area contributed by atoms with E-state index < -0.39 is 5.82 Å². The highest BCUT2D eigenvalue weighted by Gasteiger charge is 2.41. The van der Waals surface area contributed by atoms with Gasteiger partial charge in [0, 0.05) is 36.6 Å². The molecule has 5 rings (SSSR count). The number of hydrogen-bond acceptors (Lipinski definition) is 3. The van der Waals surface area contributed by atoms with Crippen molar-refractivity contribution in [2.24, 2.45) is 0 Å². The van der Waals surface area contributed by atoms with Gasteiger partial charge in [0.1, 0.15) is 5.82 Å². The van der Waals surface area contributed by atoms with Crippen LogP contribution in [0.1, 0.15) is 18.4 Å². The molecule has 3 heterocycles. The Morgan fingerprint density at radius 3 is 2.40 bits per heavy atom. The molecule has 30 heavy (non-hydrogen) atoms. The second kappa shape index (κ2) is 8.20. The fourth-order valence-corrected chi connectivity index (χ4v) is 5.33. The maximum atomic E-state index is 13.9. The number of carbonyl (C=O) groups is 1. The van der Waals surface area contributed by atoms with Crippen LogP contribution in [0.3, 0.4) is 0 Å². The third-order valence-corrected chi connectivity index (χ3v) is 7.08. The number of fused-ring (bicyclic) bond motifs is 2. The average molecular weight is 422 g/mol. The molecule has 2 aliphatic rings. The number of likely N-dealkylation sites (tertiary alicyclic amines) is 1. The van der Waals surface area contributed by atoms with Crippen LogP contribution in [0.15, 0.2) is 66.0 Å². The standard InChI is InChI=1S/C24H24FN3OS/c25-21-4-1-2-5-22(21)26-24(29)27-15-19-11-12-20(16-27)28(19)14-17-7-9-18(10-8-17)23-6-3-13-30-23/h1-10,13,19-20H,11-12,14-16H2,(H,26,29). The lowest BCUT2D eigenvalue weighted by molar-refractivity contribution is 0.0812. The zero-order valence-electron chi connectivity index (χ0n) is 16.6. The number of anilines is 1. The van der Waals surface area contributed by atoms with Crippen LogP contribution in [0.5, 0.6) is 0 Å². The monoisotopic (exact) mass is 421 g/mol. The first-order valence-corrected chi connectivity index (χ1v) is 11.2. The summed E-state index contributed by atoms with van der Waals surface area (Å²) < 4.78 is 13.9. The van der Waals surface area contributed by atoms with Crippen molar-refractivity contribution < 1.29 is 9.18 Å². The molecule has 4 nitrogen and oxygen atoms in total. The molecule has 1 aromatic heterocycles. The van der Waals surface area contributed by atoms with Crippen LogP contribution in [0.4, 0.5) is 14.9 Å². The highest BCUT2D eigenvalue weighted by atomic mass is 32.1. The van der Waals surface area contributed by atoms with Crippen LogP contribution in [0.2, 0.25) is 0 Å². The van der Waals surface area contributed by atoms with E-state index in [-0.39, 0.29) is 11.7 Å². The van der Waals surface area contributed by atoms with E-state index >= 15 is 0 Å². The Morgan fingerprint density at radius 1 is 1.00 bits per heavy atom. The molecule has 0 spiro atoms. The van der Waals surface area contributed by atoms with Crippen molar-refractivity contribution in [3.05, 3.63) is 77.4 Å². The summed E-state index contributed by atoms with van der Waals surface area (Å²) in [5.41, 5.74) is 2.80. The first-order valence-electron chi connectivity index (χ1n) is 10.4. The normalized spacial score (nSPS) is 21.0. The molecule has 3 aromatic rings. The zero-order chi connectivity index (χ0) is 20.5. The zero-order valence-corrected chi connectivity index (χ0v) is 17.4. The molecule has 2 atom stereocenters. The third kappa shape index (κ3) is 3.85. The number of urea groups is 1. The van der Waals surface area contributed by atoms with Crippen molar-refractivity contribution >= 4 is 23.1 Å². The van der Waals surface area contributed by atoms with Gasteiger partial charge in [-0.3, -0.25) is 4.90 Å². The van der Waals surface area contributed by atoms with Crippen LogP contribution in [0, 0.1) is 5.82 Å². The highest BCUT2D eigenvalue weighted by molar-refractivity contribution is 7.13. The van der Waals surface area contributed by atoms with E-state index in [0.717, 1.165) is 19.4 Å². The summed E-state index contributed by atoms with van der Waals surface area (Å²) in [7, 11) is 0. The highest BCUT2D eigenvalue weighted by Crippen LogP contribution is 2.32. The second-order valence-electron chi connectivity index (χ2n) is 8.05. The Balaban J connectivity index is 1.22. The molecule has 2 saturated heterocycles. The molecule has 0 saturated carbocycles. The average Bonchev–Trinajstić information content (AvgIpc) is 3.36. The van der Waals surface area contributed by atoms with Crippen LogP contribution in [-0.4, -0.2) is 41.0 Å². The van der Waals surface area contributed by atoms with E-state index in [1.54, 1.807) is 29.5 Å². The largest absolute Gasteiger partial charge is 0.322 e. The molecule has 2 aromatic carbocycles. The van der Waals surface area contributed by atoms with Crippen LogP contribution in [-0.2, 0) is 6.54 Å². The minimum Gasteiger partial charge on any atom is -0.321 e. The maximum Gasteiger partial charge on any atom is 0.322 e. The third-order valence-electron chi connectivity index (χ3n) is 6.16. The van der Waals surface area contributed by atoms with Gasteiger partial charge in [-0.05, 0) is 47.5 Å². The minimum atomic E-state index is -0.404. The predicted molar refractivity (Wildman–Crippen MR) is 119 cm³/mol. The van der Waals surface area contributed by atoms with Gasteiger partial charge in [0.25, 0.3) is 0 Å². The Bertz CT molecular complexity index is 1010. The molecular weight excluding hydrogens is 397 g/mol.